The Balaban J connectivity index is 1.60. The Kier molecular flexibility index (Phi) is 5.19. The lowest BCUT2D eigenvalue weighted by atomic mass is 9.45. The van der Waals surface area contributed by atoms with E-state index in [-0.39, 0.29) is 29.5 Å². The first-order valence-electron chi connectivity index (χ1n) is 11.4. The van der Waals surface area contributed by atoms with Crippen LogP contribution in [0.25, 0.3) is 0 Å². The standard InChI is InChI=1S/C24H38O4/c1-14(4-9-22(27)28)18-7-8-19-17-6-5-15-12-16(25)10-11-23(15,2)20(17)13-21(26)24(18,19)3/h5-6,14-21,25-26H,4,7-13H2,1-3H3,(H,27,28)/t14-,15-,16-,17+,18-,19+,20+,21+,23+,24-/m1/s1. The molecule has 4 aliphatic carbocycles. The minimum Gasteiger partial charge on any atom is -0.481 e. The quantitative estimate of drug-likeness (QED) is 0.627. The van der Waals surface area contributed by atoms with Gasteiger partial charge in [0, 0.05) is 6.42 Å². The van der Waals surface area contributed by atoms with Crippen LogP contribution in [-0.4, -0.2) is 33.5 Å². The zero-order valence-corrected chi connectivity index (χ0v) is 17.7. The summed E-state index contributed by atoms with van der Waals surface area (Å²) < 4.78 is 0. The lowest BCUT2D eigenvalue weighted by Gasteiger charge is -2.60. The van der Waals surface area contributed by atoms with Gasteiger partial charge < -0.3 is 15.3 Å². The molecule has 0 unspecified atom stereocenters. The van der Waals surface area contributed by atoms with Crippen molar-refractivity contribution in [2.45, 2.75) is 84.3 Å². The Morgan fingerprint density at radius 2 is 1.86 bits per heavy atom. The number of carboxylic acids is 1. The van der Waals surface area contributed by atoms with Crippen molar-refractivity contribution in [3.63, 3.8) is 0 Å². The lowest BCUT2D eigenvalue weighted by molar-refractivity contribution is -0.145. The molecule has 0 saturated heterocycles. The van der Waals surface area contributed by atoms with Gasteiger partial charge >= 0.3 is 5.97 Å². The molecule has 4 heteroatoms. The van der Waals surface area contributed by atoms with E-state index in [0.29, 0.717) is 41.9 Å². The number of allylic oxidation sites excluding steroid dienone is 2. The van der Waals surface area contributed by atoms with Gasteiger partial charge in [-0.2, -0.15) is 0 Å². The van der Waals surface area contributed by atoms with Crippen molar-refractivity contribution >= 4 is 5.97 Å². The summed E-state index contributed by atoms with van der Waals surface area (Å²) in [7, 11) is 0. The Labute approximate surface area is 169 Å². The summed E-state index contributed by atoms with van der Waals surface area (Å²) in [5, 5.41) is 30.7. The van der Waals surface area contributed by atoms with Crippen LogP contribution < -0.4 is 0 Å². The summed E-state index contributed by atoms with van der Waals surface area (Å²) in [4.78, 5) is 11.0. The summed E-state index contributed by atoms with van der Waals surface area (Å²) in [5.74, 6) is 1.94. The number of hydrogen-bond acceptors (Lipinski definition) is 3. The fourth-order valence-electron chi connectivity index (χ4n) is 8.08. The maximum absolute atomic E-state index is 11.4. The Morgan fingerprint density at radius 3 is 2.57 bits per heavy atom. The predicted molar refractivity (Wildman–Crippen MR) is 109 cm³/mol. The van der Waals surface area contributed by atoms with Gasteiger partial charge in [0.2, 0.25) is 0 Å². The SMILES string of the molecule is C[C@H](CCC(=O)O)[C@H]1CC[C@H]2[C@@H]3C=C[C@@H]4C[C@H](O)CC[C@]4(C)[C@H]3C[C@H](O)[C@]12C. The molecule has 4 aliphatic rings. The van der Waals surface area contributed by atoms with E-state index in [1.807, 2.05) is 0 Å². The molecular weight excluding hydrogens is 352 g/mol. The molecule has 0 spiro atoms. The van der Waals surface area contributed by atoms with Gasteiger partial charge in [-0.15, -0.1) is 0 Å². The number of aliphatic hydroxyl groups excluding tert-OH is 2. The van der Waals surface area contributed by atoms with Crippen LogP contribution in [0.4, 0.5) is 0 Å². The highest BCUT2D eigenvalue weighted by atomic mass is 16.4. The summed E-state index contributed by atoms with van der Waals surface area (Å²) in [6.45, 7) is 6.89. The largest absolute Gasteiger partial charge is 0.481 e. The molecule has 0 aromatic heterocycles. The van der Waals surface area contributed by atoms with Gasteiger partial charge in [0.1, 0.15) is 0 Å². The molecule has 0 radical (unpaired) electrons. The highest BCUT2D eigenvalue weighted by Crippen LogP contribution is 2.66. The average molecular weight is 391 g/mol. The van der Waals surface area contributed by atoms with E-state index in [4.69, 9.17) is 5.11 Å². The third kappa shape index (κ3) is 2.98. The van der Waals surface area contributed by atoms with Gasteiger partial charge in [-0.1, -0.05) is 32.9 Å². The minimum absolute atomic E-state index is 0.110. The number of carboxylic acid groups (broad SMARTS) is 1. The molecule has 4 nitrogen and oxygen atoms in total. The molecule has 3 fully saturated rings. The molecular formula is C24H38O4. The number of hydrogen-bond donors (Lipinski definition) is 3. The second-order valence-corrected chi connectivity index (χ2v) is 10.9. The zero-order chi connectivity index (χ0) is 20.3. The molecule has 158 valence electrons. The second kappa shape index (κ2) is 7.12. The van der Waals surface area contributed by atoms with Gasteiger partial charge in [0.25, 0.3) is 0 Å². The fraction of sp³-hybridized carbons (Fsp3) is 0.875. The van der Waals surface area contributed by atoms with Crippen molar-refractivity contribution in [2.75, 3.05) is 0 Å². The van der Waals surface area contributed by atoms with Crippen LogP contribution in [0.1, 0.15) is 72.1 Å². The van der Waals surface area contributed by atoms with Gasteiger partial charge in [0.05, 0.1) is 12.2 Å². The van der Waals surface area contributed by atoms with E-state index in [9.17, 15) is 15.0 Å². The van der Waals surface area contributed by atoms with E-state index in [0.717, 1.165) is 38.5 Å². The first kappa shape index (κ1) is 20.4. The lowest BCUT2D eigenvalue weighted by Crippen LogP contribution is -2.57. The van der Waals surface area contributed by atoms with E-state index < -0.39 is 5.97 Å². The molecule has 0 aromatic carbocycles. The van der Waals surface area contributed by atoms with E-state index in [1.54, 1.807) is 0 Å². The summed E-state index contributed by atoms with van der Waals surface area (Å²) in [5.41, 5.74) is 0.0781. The van der Waals surface area contributed by atoms with E-state index in [1.165, 1.54) is 0 Å². The first-order chi connectivity index (χ1) is 13.2. The Bertz CT molecular complexity index is 645. The number of aliphatic carboxylic acids is 1. The van der Waals surface area contributed by atoms with Crippen LogP contribution in [0.2, 0.25) is 0 Å². The number of fused-ring (bicyclic) bond motifs is 5. The van der Waals surface area contributed by atoms with Crippen LogP contribution >= 0.6 is 0 Å². The summed E-state index contributed by atoms with van der Waals surface area (Å²) in [6.07, 6.45) is 11.2. The van der Waals surface area contributed by atoms with E-state index in [2.05, 4.69) is 32.9 Å². The molecule has 0 aliphatic heterocycles. The van der Waals surface area contributed by atoms with Crippen LogP contribution in [-0.2, 0) is 4.79 Å². The van der Waals surface area contributed by atoms with E-state index >= 15 is 0 Å². The third-order valence-corrected chi connectivity index (χ3v) is 9.81. The molecule has 10 atom stereocenters. The maximum atomic E-state index is 11.4. The predicted octanol–water partition coefficient (Wildman–Crippen LogP) is 4.25. The molecule has 3 saturated carbocycles. The Hall–Kier alpha value is -0.870. The summed E-state index contributed by atoms with van der Waals surface area (Å²) >= 11 is 0. The molecule has 4 rings (SSSR count). The minimum atomic E-state index is -0.718. The number of rotatable bonds is 4. The Morgan fingerprint density at radius 1 is 1.11 bits per heavy atom. The van der Waals surface area contributed by atoms with Crippen LogP contribution in [0.3, 0.4) is 0 Å². The zero-order valence-electron chi connectivity index (χ0n) is 17.7. The monoisotopic (exact) mass is 390 g/mol. The molecule has 3 N–H and O–H groups in total. The molecule has 0 heterocycles. The van der Waals surface area contributed by atoms with Crippen LogP contribution in [0, 0.1) is 46.3 Å². The van der Waals surface area contributed by atoms with Gasteiger partial charge in [-0.25, -0.2) is 0 Å². The van der Waals surface area contributed by atoms with Gasteiger partial charge in [-0.05, 0) is 91.3 Å². The van der Waals surface area contributed by atoms with Crippen molar-refractivity contribution in [1.82, 2.24) is 0 Å². The third-order valence-electron chi connectivity index (χ3n) is 9.81. The van der Waals surface area contributed by atoms with Crippen LogP contribution in [0.5, 0.6) is 0 Å². The van der Waals surface area contributed by atoms with Crippen LogP contribution in [0.15, 0.2) is 12.2 Å². The maximum Gasteiger partial charge on any atom is 0.303 e. The smallest absolute Gasteiger partial charge is 0.303 e. The number of aliphatic hydroxyl groups is 2. The number of carbonyl (C=O) groups is 1. The molecule has 0 bridgehead atoms. The van der Waals surface area contributed by atoms with Crippen molar-refractivity contribution in [1.29, 1.82) is 0 Å². The highest BCUT2D eigenvalue weighted by molar-refractivity contribution is 5.66. The van der Waals surface area contributed by atoms with Crippen molar-refractivity contribution in [3.8, 4) is 0 Å². The average Bonchev–Trinajstić information content (AvgIpc) is 3.00. The van der Waals surface area contributed by atoms with Crippen molar-refractivity contribution < 1.29 is 20.1 Å². The highest BCUT2D eigenvalue weighted by Gasteiger charge is 2.62. The fourth-order valence-corrected chi connectivity index (χ4v) is 8.08. The first-order valence-corrected chi connectivity index (χ1v) is 11.4. The van der Waals surface area contributed by atoms with Crippen molar-refractivity contribution in [3.05, 3.63) is 12.2 Å². The summed E-state index contributed by atoms with van der Waals surface area (Å²) in [6, 6.07) is 0. The molecule has 28 heavy (non-hydrogen) atoms. The molecule has 0 aromatic rings. The normalized spacial score (nSPS) is 51.1. The molecule has 0 amide bonds. The topological polar surface area (TPSA) is 77.8 Å². The van der Waals surface area contributed by atoms with Gasteiger partial charge in [0.15, 0.2) is 0 Å². The van der Waals surface area contributed by atoms with Gasteiger partial charge in [-0.3, -0.25) is 4.79 Å². The van der Waals surface area contributed by atoms with Crippen molar-refractivity contribution in [2.24, 2.45) is 46.3 Å². The second-order valence-electron chi connectivity index (χ2n) is 10.9.